The molecule has 1 aliphatic rings. The Morgan fingerprint density at radius 3 is 2.55 bits per heavy atom. The zero-order valence-corrected chi connectivity index (χ0v) is 16.5. The van der Waals surface area contributed by atoms with Crippen LogP contribution >= 0.6 is 0 Å². The molecule has 1 saturated heterocycles. The Bertz CT molecular complexity index is 837. The van der Waals surface area contributed by atoms with Gasteiger partial charge in [0.15, 0.2) is 0 Å². The Balaban J connectivity index is 1.58. The number of morpholine rings is 1. The lowest BCUT2D eigenvalue weighted by molar-refractivity contribution is 0.0383. The molecule has 8 heteroatoms. The van der Waals surface area contributed by atoms with E-state index in [0.717, 1.165) is 32.8 Å². The highest BCUT2D eigenvalue weighted by molar-refractivity contribution is 6.04. The smallest absolute Gasteiger partial charge is 0.274 e. The predicted octanol–water partition coefficient (Wildman–Crippen LogP) is 1.79. The molecule has 0 spiro atoms. The minimum atomic E-state index is -0.403. The summed E-state index contributed by atoms with van der Waals surface area (Å²) in [5.41, 5.74) is 0.927. The highest BCUT2D eigenvalue weighted by atomic mass is 16.5. The van der Waals surface area contributed by atoms with Crippen LogP contribution in [0.5, 0.6) is 5.75 Å². The first kappa shape index (κ1) is 20.8. The molecule has 0 bridgehead atoms. The average molecular weight is 398 g/mol. The molecule has 3 rings (SSSR count). The number of rotatable bonds is 8. The summed E-state index contributed by atoms with van der Waals surface area (Å²) in [5, 5.41) is 5.64. The molecular formula is C21H26N4O4. The first-order valence-electron chi connectivity index (χ1n) is 9.76. The summed E-state index contributed by atoms with van der Waals surface area (Å²) in [4.78, 5) is 31.4. The van der Waals surface area contributed by atoms with Crippen LogP contribution < -0.4 is 15.4 Å². The van der Waals surface area contributed by atoms with Gasteiger partial charge < -0.3 is 20.1 Å². The molecule has 2 amide bonds. The third-order valence-electron chi connectivity index (χ3n) is 4.47. The molecule has 154 valence electrons. The first-order valence-corrected chi connectivity index (χ1v) is 9.76. The maximum Gasteiger partial charge on any atom is 0.274 e. The topological polar surface area (TPSA) is 92.8 Å². The highest BCUT2D eigenvalue weighted by Crippen LogP contribution is 2.24. The first-order chi connectivity index (χ1) is 14.2. The molecule has 0 aliphatic carbocycles. The maximum atomic E-state index is 12.6. The van der Waals surface area contributed by atoms with E-state index in [4.69, 9.17) is 9.47 Å². The molecule has 29 heavy (non-hydrogen) atoms. The second-order valence-corrected chi connectivity index (χ2v) is 6.50. The molecule has 1 fully saturated rings. The number of ether oxygens (including phenoxy) is 2. The monoisotopic (exact) mass is 398 g/mol. The second kappa shape index (κ2) is 10.5. The van der Waals surface area contributed by atoms with Gasteiger partial charge >= 0.3 is 0 Å². The van der Waals surface area contributed by atoms with E-state index in [2.05, 4.69) is 20.5 Å². The number of hydrogen-bond donors (Lipinski definition) is 2. The van der Waals surface area contributed by atoms with E-state index in [0.29, 0.717) is 24.6 Å². The van der Waals surface area contributed by atoms with Crippen molar-refractivity contribution in [2.24, 2.45) is 0 Å². The Morgan fingerprint density at radius 1 is 1.07 bits per heavy atom. The van der Waals surface area contributed by atoms with Crippen molar-refractivity contribution in [2.45, 2.75) is 6.92 Å². The standard InChI is InChI=1S/C21H26N4O4/c1-2-29-19-9-4-3-6-16(19)24-21(27)18-8-5-7-17(23-18)20(26)22-10-11-25-12-14-28-15-13-25/h3-9H,2,10-15H2,1H3,(H,22,26)(H,24,27). The SMILES string of the molecule is CCOc1ccccc1NC(=O)c1cccc(C(=O)NCCN2CCOCC2)n1. The van der Waals surface area contributed by atoms with Crippen molar-refractivity contribution in [3.63, 3.8) is 0 Å². The van der Waals surface area contributed by atoms with E-state index in [1.807, 2.05) is 19.1 Å². The molecule has 2 aromatic rings. The molecule has 1 aromatic carbocycles. The molecular weight excluding hydrogens is 372 g/mol. The lowest BCUT2D eigenvalue weighted by Crippen LogP contribution is -2.41. The van der Waals surface area contributed by atoms with Gasteiger partial charge in [0.05, 0.1) is 25.5 Å². The molecule has 2 N–H and O–H groups in total. The zero-order valence-electron chi connectivity index (χ0n) is 16.5. The molecule has 8 nitrogen and oxygen atoms in total. The molecule has 2 heterocycles. The quantitative estimate of drug-likeness (QED) is 0.704. The Labute approximate surface area is 170 Å². The van der Waals surface area contributed by atoms with Crippen LogP contribution in [-0.4, -0.2) is 67.7 Å². The van der Waals surface area contributed by atoms with Gasteiger partial charge in [0.2, 0.25) is 0 Å². The third kappa shape index (κ3) is 6.00. The van der Waals surface area contributed by atoms with Gasteiger partial charge in [0, 0.05) is 26.2 Å². The second-order valence-electron chi connectivity index (χ2n) is 6.50. The lowest BCUT2D eigenvalue weighted by atomic mass is 10.2. The van der Waals surface area contributed by atoms with Gasteiger partial charge in [-0.2, -0.15) is 0 Å². The average Bonchev–Trinajstić information content (AvgIpc) is 2.76. The van der Waals surface area contributed by atoms with Crippen molar-refractivity contribution in [1.82, 2.24) is 15.2 Å². The van der Waals surface area contributed by atoms with Crippen LogP contribution in [0.3, 0.4) is 0 Å². The molecule has 0 saturated carbocycles. The summed E-state index contributed by atoms with van der Waals surface area (Å²) < 4.78 is 10.8. The lowest BCUT2D eigenvalue weighted by Gasteiger charge is -2.26. The van der Waals surface area contributed by atoms with Gasteiger partial charge in [-0.3, -0.25) is 14.5 Å². The summed E-state index contributed by atoms with van der Waals surface area (Å²) in [6, 6.07) is 12.0. The van der Waals surface area contributed by atoms with Crippen LogP contribution in [0.1, 0.15) is 27.9 Å². The number of nitrogens with one attached hydrogen (secondary N) is 2. The fourth-order valence-electron chi connectivity index (χ4n) is 2.97. The van der Waals surface area contributed by atoms with Gasteiger partial charge in [0.25, 0.3) is 11.8 Å². The van der Waals surface area contributed by atoms with E-state index in [1.165, 1.54) is 0 Å². The van der Waals surface area contributed by atoms with Crippen molar-refractivity contribution < 1.29 is 19.1 Å². The number of benzene rings is 1. The summed E-state index contributed by atoms with van der Waals surface area (Å²) in [7, 11) is 0. The normalized spacial score (nSPS) is 14.2. The van der Waals surface area contributed by atoms with Crippen molar-refractivity contribution >= 4 is 17.5 Å². The number of para-hydroxylation sites is 2. The van der Waals surface area contributed by atoms with Crippen LogP contribution in [0.25, 0.3) is 0 Å². The van der Waals surface area contributed by atoms with E-state index in [9.17, 15) is 9.59 Å². The highest BCUT2D eigenvalue weighted by Gasteiger charge is 2.15. The van der Waals surface area contributed by atoms with Crippen LogP contribution in [0.15, 0.2) is 42.5 Å². The number of amides is 2. The Morgan fingerprint density at radius 2 is 1.79 bits per heavy atom. The van der Waals surface area contributed by atoms with Gasteiger partial charge in [-0.1, -0.05) is 18.2 Å². The number of nitrogens with zero attached hydrogens (tertiary/aromatic N) is 2. The molecule has 0 atom stereocenters. The summed E-state index contributed by atoms with van der Waals surface area (Å²) >= 11 is 0. The zero-order chi connectivity index (χ0) is 20.5. The maximum absolute atomic E-state index is 12.6. The van der Waals surface area contributed by atoms with Crippen molar-refractivity contribution in [2.75, 3.05) is 51.3 Å². The van der Waals surface area contributed by atoms with Gasteiger partial charge in [0.1, 0.15) is 17.1 Å². The summed E-state index contributed by atoms with van der Waals surface area (Å²) in [6.07, 6.45) is 0. The number of carbonyl (C=O) groups excluding carboxylic acids is 2. The number of aromatic nitrogens is 1. The minimum Gasteiger partial charge on any atom is -0.492 e. The number of pyridine rings is 1. The molecule has 0 unspecified atom stereocenters. The number of carbonyl (C=O) groups is 2. The van der Waals surface area contributed by atoms with Crippen LogP contribution in [0.2, 0.25) is 0 Å². The summed E-state index contributed by atoms with van der Waals surface area (Å²) in [6.45, 7) is 6.81. The van der Waals surface area contributed by atoms with E-state index in [-0.39, 0.29) is 17.3 Å². The summed E-state index contributed by atoms with van der Waals surface area (Å²) in [5.74, 6) is -0.122. The van der Waals surface area contributed by atoms with Gasteiger partial charge in [-0.05, 0) is 31.2 Å². The van der Waals surface area contributed by atoms with Crippen LogP contribution in [0, 0.1) is 0 Å². The van der Waals surface area contributed by atoms with E-state index < -0.39 is 5.91 Å². The fraction of sp³-hybridized carbons (Fsp3) is 0.381. The van der Waals surface area contributed by atoms with Crippen LogP contribution in [-0.2, 0) is 4.74 Å². The Kier molecular flexibility index (Phi) is 7.54. The van der Waals surface area contributed by atoms with Gasteiger partial charge in [-0.15, -0.1) is 0 Å². The predicted molar refractivity (Wildman–Crippen MR) is 109 cm³/mol. The van der Waals surface area contributed by atoms with Crippen LogP contribution in [0.4, 0.5) is 5.69 Å². The van der Waals surface area contributed by atoms with E-state index >= 15 is 0 Å². The fourth-order valence-corrected chi connectivity index (χ4v) is 2.97. The largest absolute Gasteiger partial charge is 0.492 e. The Hall–Kier alpha value is -2.97. The molecule has 0 radical (unpaired) electrons. The van der Waals surface area contributed by atoms with Crippen molar-refractivity contribution in [3.8, 4) is 5.75 Å². The minimum absolute atomic E-state index is 0.164. The van der Waals surface area contributed by atoms with E-state index in [1.54, 1.807) is 30.3 Å². The third-order valence-corrected chi connectivity index (χ3v) is 4.47. The molecule has 1 aromatic heterocycles. The number of anilines is 1. The number of hydrogen-bond acceptors (Lipinski definition) is 6. The van der Waals surface area contributed by atoms with Crippen molar-refractivity contribution in [3.05, 3.63) is 53.9 Å². The van der Waals surface area contributed by atoms with Gasteiger partial charge in [-0.25, -0.2) is 4.98 Å². The van der Waals surface area contributed by atoms with Crippen molar-refractivity contribution in [1.29, 1.82) is 0 Å². The molecule has 1 aliphatic heterocycles.